The monoisotopic (exact) mass is 284 g/mol. The van der Waals surface area contributed by atoms with Gasteiger partial charge in [0.25, 0.3) is 0 Å². The van der Waals surface area contributed by atoms with Crippen molar-refractivity contribution in [3.05, 3.63) is 58.7 Å². The Kier molecular flexibility index (Phi) is 3.23. The van der Waals surface area contributed by atoms with Crippen molar-refractivity contribution in [3.63, 3.8) is 0 Å². The molecule has 0 unspecified atom stereocenters. The molecule has 3 heteroatoms. The lowest BCUT2D eigenvalue weighted by Gasteiger charge is -2.17. The lowest BCUT2D eigenvalue weighted by molar-refractivity contribution is 0.547. The molecule has 0 fully saturated rings. The topological polar surface area (TPSA) is 16.1 Å². The minimum atomic E-state index is -0.191. The summed E-state index contributed by atoms with van der Waals surface area (Å²) in [6, 6.07) is 8.96. The van der Waals surface area contributed by atoms with Gasteiger partial charge >= 0.3 is 0 Å². The number of nitrogens with zero attached hydrogens (tertiary/aromatic N) is 2. The van der Waals surface area contributed by atoms with E-state index in [2.05, 4.69) is 38.8 Å². The molecule has 1 aliphatic heterocycles. The highest BCUT2D eigenvalue weighted by atomic mass is 19.1. The van der Waals surface area contributed by atoms with Crippen LogP contribution in [0.1, 0.15) is 36.4 Å². The Bertz CT molecular complexity index is 674. The molecular weight excluding hydrogens is 263 g/mol. The summed E-state index contributed by atoms with van der Waals surface area (Å²) in [5.41, 5.74) is 5.91. The fraction of sp³-hybridized carbons (Fsp3) is 0.389. The molecular formula is C18H21FN2. The third-order valence-corrected chi connectivity index (χ3v) is 4.29. The molecule has 2 nitrogen and oxygen atoms in total. The van der Waals surface area contributed by atoms with Gasteiger partial charge in [-0.1, -0.05) is 26.0 Å². The lowest BCUT2D eigenvalue weighted by atomic mass is 9.90. The molecule has 0 bridgehead atoms. The van der Waals surface area contributed by atoms with Crippen LogP contribution in [0.15, 0.2) is 30.3 Å². The number of aromatic nitrogens is 1. The molecule has 3 rings (SSSR count). The molecule has 0 aliphatic carbocycles. The van der Waals surface area contributed by atoms with Crippen LogP contribution in [0.5, 0.6) is 0 Å². The van der Waals surface area contributed by atoms with Gasteiger partial charge in [-0.05, 0) is 42.7 Å². The third-order valence-electron chi connectivity index (χ3n) is 4.29. The molecule has 2 heterocycles. The zero-order valence-electron chi connectivity index (χ0n) is 13.1. The number of halogens is 1. The Balaban J connectivity index is 1.98. The summed E-state index contributed by atoms with van der Waals surface area (Å²) in [4.78, 5) is 7.13. The van der Waals surface area contributed by atoms with Gasteiger partial charge in [-0.3, -0.25) is 4.98 Å². The van der Waals surface area contributed by atoms with Crippen molar-refractivity contribution in [1.29, 1.82) is 0 Å². The molecule has 0 atom stereocenters. The number of fused-ring (bicyclic) bond motifs is 1. The van der Waals surface area contributed by atoms with Gasteiger partial charge in [-0.25, -0.2) is 4.39 Å². The van der Waals surface area contributed by atoms with Crippen molar-refractivity contribution in [2.75, 3.05) is 18.5 Å². The highest BCUT2D eigenvalue weighted by Crippen LogP contribution is 2.39. The molecule has 1 aromatic carbocycles. The maximum atomic E-state index is 13.0. The van der Waals surface area contributed by atoms with Crippen LogP contribution in [0, 0.1) is 12.7 Å². The molecule has 110 valence electrons. The average Bonchev–Trinajstić information content (AvgIpc) is 2.63. The van der Waals surface area contributed by atoms with E-state index in [1.165, 1.54) is 29.1 Å². The second-order valence-corrected chi connectivity index (χ2v) is 6.64. The summed E-state index contributed by atoms with van der Waals surface area (Å²) in [6.07, 6.45) is 0.792. The van der Waals surface area contributed by atoms with Crippen LogP contribution in [0.25, 0.3) is 0 Å². The smallest absolute Gasteiger partial charge is 0.123 e. The van der Waals surface area contributed by atoms with Crippen molar-refractivity contribution < 1.29 is 4.39 Å². The van der Waals surface area contributed by atoms with E-state index in [-0.39, 0.29) is 11.2 Å². The Morgan fingerprint density at radius 2 is 1.90 bits per heavy atom. The third kappa shape index (κ3) is 2.53. The largest absolute Gasteiger partial charge is 0.372 e. The summed E-state index contributed by atoms with van der Waals surface area (Å²) in [7, 11) is 2.12. The highest BCUT2D eigenvalue weighted by molar-refractivity contribution is 5.61. The Morgan fingerprint density at radius 3 is 2.57 bits per heavy atom. The maximum Gasteiger partial charge on any atom is 0.123 e. The second kappa shape index (κ2) is 4.83. The molecule has 0 amide bonds. The van der Waals surface area contributed by atoms with Crippen LogP contribution >= 0.6 is 0 Å². The highest BCUT2D eigenvalue weighted by Gasteiger charge is 2.35. The van der Waals surface area contributed by atoms with Gasteiger partial charge in [0.15, 0.2) is 0 Å². The predicted octanol–water partition coefficient (Wildman–Crippen LogP) is 3.85. The molecule has 21 heavy (non-hydrogen) atoms. The molecule has 0 spiro atoms. The number of hydrogen-bond donors (Lipinski definition) is 0. The molecule has 0 radical (unpaired) electrons. The fourth-order valence-electron chi connectivity index (χ4n) is 3.18. The van der Waals surface area contributed by atoms with E-state index in [1.54, 1.807) is 0 Å². The van der Waals surface area contributed by atoms with Gasteiger partial charge < -0.3 is 4.90 Å². The van der Waals surface area contributed by atoms with Gasteiger partial charge in [-0.2, -0.15) is 0 Å². The Morgan fingerprint density at radius 1 is 1.24 bits per heavy atom. The zero-order chi connectivity index (χ0) is 15.2. The summed E-state index contributed by atoms with van der Waals surface area (Å²) < 4.78 is 13.0. The van der Waals surface area contributed by atoms with Gasteiger partial charge in [0, 0.05) is 24.7 Å². The van der Waals surface area contributed by atoms with Gasteiger partial charge in [0.05, 0.1) is 11.4 Å². The first-order chi connectivity index (χ1) is 9.87. The number of anilines is 1. The molecule has 1 aliphatic rings. The van der Waals surface area contributed by atoms with Crippen LogP contribution in [0.2, 0.25) is 0 Å². The maximum absolute atomic E-state index is 13.0. The number of likely N-dealkylation sites (N-methyl/N-ethyl adjacent to an activating group) is 1. The first-order valence-electron chi connectivity index (χ1n) is 7.33. The average molecular weight is 284 g/mol. The van der Waals surface area contributed by atoms with Crippen molar-refractivity contribution >= 4 is 5.69 Å². The predicted molar refractivity (Wildman–Crippen MR) is 84.5 cm³/mol. The van der Waals surface area contributed by atoms with Crippen LogP contribution in [-0.2, 0) is 11.8 Å². The first-order valence-corrected chi connectivity index (χ1v) is 7.33. The molecule has 2 aromatic rings. The minimum Gasteiger partial charge on any atom is -0.372 e. The molecule has 1 aromatic heterocycles. The second-order valence-electron chi connectivity index (χ2n) is 6.64. The normalized spacial score (nSPS) is 16.1. The molecule has 0 saturated heterocycles. The fourth-order valence-corrected chi connectivity index (χ4v) is 3.18. The van der Waals surface area contributed by atoms with E-state index in [0.29, 0.717) is 0 Å². The van der Waals surface area contributed by atoms with E-state index in [0.717, 1.165) is 24.2 Å². The summed E-state index contributed by atoms with van der Waals surface area (Å²) >= 11 is 0. The van der Waals surface area contributed by atoms with E-state index >= 15 is 0 Å². The quantitative estimate of drug-likeness (QED) is 0.833. The molecule has 0 saturated carbocycles. The van der Waals surface area contributed by atoms with Crippen LogP contribution in [-0.4, -0.2) is 18.6 Å². The summed E-state index contributed by atoms with van der Waals surface area (Å²) in [6.45, 7) is 7.53. The van der Waals surface area contributed by atoms with Crippen LogP contribution in [0.3, 0.4) is 0 Å². The molecule has 0 N–H and O–H groups in total. The Hall–Kier alpha value is -1.90. The van der Waals surface area contributed by atoms with Crippen molar-refractivity contribution in [2.24, 2.45) is 0 Å². The van der Waals surface area contributed by atoms with E-state index in [1.807, 2.05) is 12.1 Å². The van der Waals surface area contributed by atoms with Crippen molar-refractivity contribution in [2.45, 2.75) is 32.6 Å². The zero-order valence-corrected chi connectivity index (χ0v) is 13.1. The number of pyridine rings is 1. The standard InChI is InChI=1S/C18H21FN2/c1-12-14(9-13-5-7-15(19)8-6-13)10-16-17(20-12)18(2,3)11-21(16)4/h5-8,10H,9,11H2,1-4H3. The van der Waals surface area contributed by atoms with E-state index in [9.17, 15) is 4.39 Å². The van der Waals surface area contributed by atoms with E-state index in [4.69, 9.17) is 4.98 Å². The number of rotatable bonds is 2. The first kappa shape index (κ1) is 14.1. The summed E-state index contributed by atoms with van der Waals surface area (Å²) in [5, 5.41) is 0. The Labute approximate surface area is 125 Å². The van der Waals surface area contributed by atoms with Crippen LogP contribution in [0.4, 0.5) is 10.1 Å². The van der Waals surface area contributed by atoms with Crippen molar-refractivity contribution in [1.82, 2.24) is 4.98 Å². The number of benzene rings is 1. The SMILES string of the molecule is Cc1nc2c(cc1Cc1ccc(F)cc1)N(C)CC2(C)C. The summed E-state index contributed by atoms with van der Waals surface area (Å²) in [5.74, 6) is -0.191. The van der Waals surface area contributed by atoms with Crippen molar-refractivity contribution in [3.8, 4) is 0 Å². The number of hydrogen-bond acceptors (Lipinski definition) is 2. The van der Waals surface area contributed by atoms with Gasteiger partial charge in [0.1, 0.15) is 5.82 Å². The minimum absolute atomic E-state index is 0.100. The van der Waals surface area contributed by atoms with E-state index < -0.39 is 0 Å². The number of aryl methyl sites for hydroxylation is 1. The van der Waals surface area contributed by atoms with Gasteiger partial charge in [-0.15, -0.1) is 0 Å². The van der Waals surface area contributed by atoms with Gasteiger partial charge in [0.2, 0.25) is 0 Å². The lowest BCUT2D eigenvalue weighted by Crippen LogP contribution is -2.25. The van der Waals surface area contributed by atoms with Crippen LogP contribution < -0.4 is 4.90 Å².